The molecule has 0 aliphatic heterocycles. The lowest BCUT2D eigenvalue weighted by molar-refractivity contribution is -0.147. The maximum Gasteiger partial charge on any atom is 0.256 e. The number of methoxy groups -OCH3 is 1. The van der Waals surface area contributed by atoms with Crippen LogP contribution in [0.5, 0.6) is 5.75 Å². The molecule has 0 saturated carbocycles. The average Bonchev–Trinajstić information content (AvgIpc) is 2.51. The van der Waals surface area contributed by atoms with Gasteiger partial charge >= 0.3 is 0 Å². The minimum Gasteiger partial charge on any atom is -0.496 e. The maximum atomic E-state index is 13.3. The van der Waals surface area contributed by atoms with Gasteiger partial charge in [-0.3, -0.25) is 4.79 Å². The number of hydrogen-bond acceptors (Lipinski definition) is 3. The molecule has 26 heavy (non-hydrogen) atoms. The van der Waals surface area contributed by atoms with E-state index >= 15 is 0 Å². The number of anilines is 1. The summed E-state index contributed by atoms with van der Waals surface area (Å²) in [5.41, 5.74) is 2.02. The van der Waals surface area contributed by atoms with E-state index < -0.39 is 5.60 Å². The summed E-state index contributed by atoms with van der Waals surface area (Å²) in [4.78, 5) is 13.3. The fourth-order valence-corrected chi connectivity index (χ4v) is 3.66. The highest BCUT2D eigenvalue weighted by Crippen LogP contribution is 2.32. The molecule has 4 nitrogen and oxygen atoms in total. The van der Waals surface area contributed by atoms with E-state index in [1.807, 2.05) is 26.0 Å². The van der Waals surface area contributed by atoms with Crippen LogP contribution >= 0.6 is 0 Å². The topological polar surface area (TPSA) is 47.6 Å². The van der Waals surface area contributed by atoms with E-state index in [-0.39, 0.29) is 5.91 Å². The number of carbonyl (C=O) groups is 1. The second-order valence-electron chi connectivity index (χ2n) is 8.14. The fourth-order valence-electron chi connectivity index (χ4n) is 3.66. The Kier molecular flexibility index (Phi) is 8.61. The van der Waals surface area contributed by atoms with Crippen LogP contribution in [0, 0.1) is 25.7 Å². The summed E-state index contributed by atoms with van der Waals surface area (Å²) in [5.74, 6) is 1.56. The highest BCUT2D eigenvalue weighted by Gasteiger charge is 2.40. The normalized spacial score (nSPS) is 11.9. The molecule has 1 aromatic carbocycles. The van der Waals surface area contributed by atoms with E-state index in [1.165, 1.54) is 0 Å². The predicted octanol–water partition coefficient (Wildman–Crippen LogP) is 5.51. The van der Waals surface area contributed by atoms with Gasteiger partial charge in [0.1, 0.15) is 11.4 Å². The van der Waals surface area contributed by atoms with Crippen LogP contribution in [0.3, 0.4) is 0 Å². The number of rotatable bonds is 10. The van der Waals surface area contributed by atoms with Gasteiger partial charge in [-0.15, -0.1) is 0 Å². The zero-order chi connectivity index (χ0) is 19.9. The number of aryl methyl sites for hydroxylation is 2. The van der Waals surface area contributed by atoms with E-state index in [2.05, 4.69) is 39.9 Å². The SMILES string of the molecule is CCCOC(CC(C)C)(CC(C)C)C(=O)Nc1cc(C)c(OC)c(C)c1. The zero-order valence-electron chi connectivity index (χ0n) is 17.9. The third-order valence-electron chi connectivity index (χ3n) is 4.39. The van der Waals surface area contributed by atoms with E-state index in [4.69, 9.17) is 9.47 Å². The number of nitrogens with one attached hydrogen (secondary N) is 1. The fraction of sp³-hybridized carbons (Fsp3) is 0.682. The highest BCUT2D eigenvalue weighted by atomic mass is 16.5. The highest BCUT2D eigenvalue weighted by molar-refractivity contribution is 5.97. The van der Waals surface area contributed by atoms with Crippen LogP contribution in [0.4, 0.5) is 5.69 Å². The first-order valence-electron chi connectivity index (χ1n) is 9.75. The zero-order valence-corrected chi connectivity index (χ0v) is 17.9. The van der Waals surface area contributed by atoms with Gasteiger partial charge in [-0.1, -0.05) is 34.6 Å². The third-order valence-corrected chi connectivity index (χ3v) is 4.39. The summed E-state index contributed by atoms with van der Waals surface area (Å²) in [5, 5.41) is 3.12. The van der Waals surface area contributed by atoms with Crippen molar-refractivity contribution in [3.05, 3.63) is 23.3 Å². The van der Waals surface area contributed by atoms with E-state index in [9.17, 15) is 4.79 Å². The summed E-state index contributed by atoms with van der Waals surface area (Å²) in [6.45, 7) is 15.2. The van der Waals surface area contributed by atoms with E-state index in [0.717, 1.165) is 29.0 Å². The van der Waals surface area contributed by atoms with Crippen molar-refractivity contribution in [2.45, 2.75) is 73.3 Å². The first-order valence-corrected chi connectivity index (χ1v) is 9.75. The van der Waals surface area contributed by atoms with Crippen LogP contribution in [0.25, 0.3) is 0 Å². The minimum atomic E-state index is -0.792. The number of hydrogen-bond donors (Lipinski definition) is 1. The van der Waals surface area contributed by atoms with Crippen molar-refractivity contribution in [3.8, 4) is 5.75 Å². The smallest absolute Gasteiger partial charge is 0.256 e. The van der Waals surface area contributed by atoms with Gasteiger partial charge in [-0.25, -0.2) is 0 Å². The molecule has 1 amide bonds. The average molecular weight is 364 g/mol. The van der Waals surface area contributed by atoms with Crippen LogP contribution in [0.15, 0.2) is 12.1 Å². The third kappa shape index (κ3) is 6.01. The molecule has 0 fully saturated rings. The molecule has 0 aromatic heterocycles. The van der Waals surface area contributed by atoms with Gasteiger partial charge in [0.15, 0.2) is 0 Å². The summed E-state index contributed by atoms with van der Waals surface area (Å²) in [6.07, 6.45) is 2.32. The lowest BCUT2D eigenvalue weighted by Crippen LogP contribution is -2.48. The first-order chi connectivity index (χ1) is 12.1. The van der Waals surface area contributed by atoms with Gasteiger partial charge in [0, 0.05) is 12.3 Å². The second-order valence-corrected chi connectivity index (χ2v) is 8.14. The number of ether oxygens (including phenoxy) is 2. The van der Waals surface area contributed by atoms with Crippen molar-refractivity contribution < 1.29 is 14.3 Å². The molecule has 1 aromatic rings. The summed E-state index contributed by atoms with van der Waals surface area (Å²) in [7, 11) is 1.67. The van der Waals surface area contributed by atoms with Crippen LogP contribution in [-0.2, 0) is 9.53 Å². The van der Waals surface area contributed by atoms with Crippen molar-refractivity contribution in [1.82, 2.24) is 0 Å². The van der Waals surface area contributed by atoms with Gasteiger partial charge in [0.25, 0.3) is 5.91 Å². The minimum absolute atomic E-state index is 0.0442. The molecule has 0 radical (unpaired) electrons. The van der Waals surface area contributed by atoms with Crippen molar-refractivity contribution >= 4 is 11.6 Å². The number of benzene rings is 1. The Morgan fingerprint density at radius 1 is 1.08 bits per heavy atom. The first kappa shape index (κ1) is 22.5. The Morgan fingerprint density at radius 3 is 1.96 bits per heavy atom. The summed E-state index contributed by atoms with van der Waals surface area (Å²) in [6, 6.07) is 3.91. The molecule has 4 heteroatoms. The Morgan fingerprint density at radius 2 is 1.58 bits per heavy atom. The Labute approximate surface area is 159 Å². The standard InChI is InChI=1S/C22H37NO3/c1-9-10-26-22(13-15(2)3,14-16(4)5)21(24)23-19-11-17(6)20(25-8)18(7)12-19/h11-12,15-16H,9-10,13-14H2,1-8H3,(H,23,24). The Hall–Kier alpha value is -1.55. The van der Waals surface area contributed by atoms with E-state index in [0.29, 0.717) is 31.3 Å². The van der Waals surface area contributed by atoms with Crippen LogP contribution < -0.4 is 10.1 Å². The molecule has 0 bridgehead atoms. The molecule has 0 atom stereocenters. The molecule has 148 valence electrons. The largest absolute Gasteiger partial charge is 0.496 e. The van der Waals surface area contributed by atoms with E-state index in [1.54, 1.807) is 7.11 Å². The van der Waals surface area contributed by atoms with Crippen molar-refractivity contribution in [1.29, 1.82) is 0 Å². The molecule has 1 N–H and O–H groups in total. The van der Waals surface area contributed by atoms with Gasteiger partial charge in [-0.05, 0) is 68.2 Å². The Bertz CT molecular complexity index is 560. The second kappa shape index (κ2) is 9.96. The quantitative estimate of drug-likeness (QED) is 0.596. The lowest BCUT2D eigenvalue weighted by atomic mass is 9.83. The van der Waals surface area contributed by atoms with Crippen molar-refractivity contribution in [3.63, 3.8) is 0 Å². The molecule has 0 aliphatic rings. The van der Waals surface area contributed by atoms with Crippen molar-refractivity contribution in [2.24, 2.45) is 11.8 Å². The Balaban J connectivity index is 3.18. The lowest BCUT2D eigenvalue weighted by Gasteiger charge is -2.35. The summed E-state index contributed by atoms with van der Waals surface area (Å²) < 4.78 is 11.6. The van der Waals surface area contributed by atoms with Gasteiger partial charge in [0.2, 0.25) is 0 Å². The van der Waals surface area contributed by atoms with Gasteiger partial charge < -0.3 is 14.8 Å². The monoisotopic (exact) mass is 363 g/mol. The number of amides is 1. The maximum absolute atomic E-state index is 13.3. The predicted molar refractivity (Wildman–Crippen MR) is 109 cm³/mol. The summed E-state index contributed by atoms with van der Waals surface area (Å²) >= 11 is 0. The van der Waals surface area contributed by atoms with Gasteiger partial charge in [-0.2, -0.15) is 0 Å². The molecule has 1 rings (SSSR count). The molecule has 0 aliphatic carbocycles. The molecule has 0 spiro atoms. The van der Waals surface area contributed by atoms with Crippen molar-refractivity contribution in [2.75, 3.05) is 19.0 Å². The molecule has 0 unspecified atom stereocenters. The van der Waals surface area contributed by atoms with Gasteiger partial charge in [0.05, 0.1) is 7.11 Å². The van der Waals surface area contributed by atoms with Crippen LogP contribution in [-0.4, -0.2) is 25.2 Å². The van der Waals surface area contributed by atoms with Crippen LogP contribution in [0.2, 0.25) is 0 Å². The molecular formula is C22H37NO3. The molecular weight excluding hydrogens is 326 g/mol. The van der Waals surface area contributed by atoms with Crippen LogP contribution in [0.1, 0.15) is 65.0 Å². The molecule has 0 saturated heterocycles. The molecule has 0 heterocycles. The number of carbonyl (C=O) groups excluding carboxylic acids is 1.